The van der Waals surface area contributed by atoms with Crippen LogP contribution in [0.3, 0.4) is 0 Å². The van der Waals surface area contributed by atoms with E-state index in [0.717, 1.165) is 21.8 Å². The molecule has 0 unspecified atom stereocenters. The minimum atomic E-state index is -0.408. The Morgan fingerprint density at radius 3 is 2.56 bits per heavy atom. The third-order valence-electron chi connectivity index (χ3n) is 6.30. The van der Waals surface area contributed by atoms with Crippen molar-refractivity contribution in [2.24, 2.45) is 5.92 Å². The Hall–Kier alpha value is -3.06. The smallest absolute Gasteiger partial charge is 0.336 e. The van der Waals surface area contributed by atoms with Crippen molar-refractivity contribution in [1.29, 1.82) is 0 Å². The Morgan fingerprint density at radius 1 is 1.15 bits per heavy atom. The summed E-state index contributed by atoms with van der Waals surface area (Å²) < 4.78 is 16.4. The molecule has 1 N–H and O–H groups in total. The largest absolute Gasteiger partial charge is 0.493 e. The van der Waals surface area contributed by atoms with Crippen LogP contribution >= 0.6 is 11.3 Å². The highest BCUT2D eigenvalue weighted by Crippen LogP contribution is 2.47. The van der Waals surface area contributed by atoms with Gasteiger partial charge in [0.15, 0.2) is 17.3 Å². The molecule has 1 aliphatic heterocycles. The number of hydrogen-bond acceptors (Lipinski definition) is 7. The average Bonchev–Trinajstić information content (AvgIpc) is 3.35. The molecule has 0 fully saturated rings. The highest BCUT2D eigenvalue weighted by Gasteiger charge is 2.42. The molecule has 34 heavy (non-hydrogen) atoms. The highest BCUT2D eigenvalue weighted by atomic mass is 32.1. The van der Waals surface area contributed by atoms with E-state index in [1.807, 2.05) is 56.5 Å². The minimum Gasteiger partial charge on any atom is -0.493 e. The second kappa shape index (κ2) is 10.1. The van der Waals surface area contributed by atoms with Gasteiger partial charge in [0, 0.05) is 28.3 Å². The number of thiophene rings is 1. The molecule has 1 aliphatic carbocycles. The molecule has 0 saturated heterocycles. The molecule has 1 aromatic heterocycles. The molecule has 0 amide bonds. The molecule has 0 saturated carbocycles. The van der Waals surface area contributed by atoms with Gasteiger partial charge < -0.3 is 19.5 Å². The Balaban J connectivity index is 1.70. The van der Waals surface area contributed by atoms with Crippen LogP contribution in [-0.4, -0.2) is 32.6 Å². The second-order valence-corrected chi connectivity index (χ2v) is 10.1. The molecule has 6 nitrogen and oxygen atoms in total. The summed E-state index contributed by atoms with van der Waals surface area (Å²) in [6.45, 7) is 6.24. The van der Waals surface area contributed by atoms with Crippen LogP contribution in [0.5, 0.6) is 11.5 Å². The average molecular weight is 482 g/mol. The molecule has 2 atom stereocenters. The van der Waals surface area contributed by atoms with Crippen molar-refractivity contribution in [1.82, 2.24) is 5.32 Å². The van der Waals surface area contributed by atoms with Gasteiger partial charge in [0.25, 0.3) is 0 Å². The number of Topliss-reactive ketones (excluding diaryl/α,β-unsaturated/α-hetero) is 1. The van der Waals surface area contributed by atoms with Crippen molar-refractivity contribution < 1.29 is 23.8 Å². The summed E-state index contributed by atoms with van der Waals surface area (Å²) in [7, 11) is 3.21. The van der Waals surface area contributed by atoms with Crippen LogP contribution in [0.4, 0.5) is 0 Å². The van der Waals surface area contributed by atoms with Gasteiger partial charge in [-0.15, -0.1) is 11.3 Å². The number of dihydropyridines is 1. The molecular formula is C27H31NO5S. The zero-order valence-corrected chi connectivity index (χ0v) is 21.1. The van der Waals surface area contributed by atoms with E-state index in [-0.39, 0.29) is 23.6 Å². The van der Waals surface area contributed by atoms with E-state index in [2.05, 4.69) is 5.32 Å². The zero-order chi connectivity index (χ0) is 24.4. The minimum absolute atomic E-state index is 0.00443. The first-order valence-electron chi connectivity index (χ1n) is 11.5. The molecule has 7 heteroatoms. The van der Waals surface area contributed by atoms with Crippen molar-refractivity contribution in [2.45, 2.75) is 45.4 Å². The van der Waals surface area contributed by atoms with E-state index < -0.39 is 5.92 Å². The Morgan fingerprint density at radius 2 is 1.91 bits per heavy atom. The van der Waals surface area contributed by atoms with Crippen LogP contribution in [0, 0.1) is 5.92 Å². The lowest BCUT2D eigenvalue weighted by Gasteiger charge is -2.36. The fourth-order valence-corrected chi connectivity index (χ4v) is 5.56. The van der Waals surface area contributed by atoms with Crippen molar-refractivity contribution in [3.63, 3.8) is 0 Å². The SMILES string of the molecule is COc1ccc([C@@H]2CC(=O)C3=C(C2)NC(C)=C(C(=O)OCC(C)C)[C@H]3c2cccs2)cc1OC. The number of ether oxygens (including phenoxy) is 3. The number of methoxy groups -OCH3 is 2. The number of rotatable bonds is 7. The van der Waals surface area contributed by atoms with E-state index >= 15 is 0 Å². The fraction of sp³-hybridized carbons (Fsp3) is 0.407. The van der Waals surface area contributed by atoms with Crippen LogP contribution in [0.1, 0.15) is 55.9 Å². The number of hydrogen-bond donors (Lipinski definition) is 1. The van der Waals surface area contributed by atoms with E-state index in [4.69, 9.17) is 14.2 Å². The van der Waals surface area contributed by atoms with Crippen LogP contribution in [0.25, 0.3) is 0 Å². The van der Waals surface area contributed by atoms with Gasteiger partial charge in [-0.3, -0.25) is 4.79 Å². The van der Waals surface area contributed by atoms with Crippen molar-refractivity contribution in [2.75, 3.05) is 20.8 Å². The fourth-order valence-electron chi connectivity index (χ4n) is 4.71. The molecule has 0 radical (unpaired) electrons. The van der Waals surface area contributed by atoms with Crippen LogP contribution < -0.4 is 14.8 Å². The molecular weight excluding hydrogens is 450 g/mol. The van der Waals surface area contributed by atoms with Crippen molar-refractivity contribution in [3.05, 3.63) is 68.7 Å². The van der Waals surface area contributed by atoms with Gasteiger partial charge in [-0.05, 0) is 54.3 Å². The monoisotopic (exact) mass is 481 g/mol. The first kappa shape index (κ1) is 24.1. The number of nitrogens with one attached hydrogen (secondary N) is 1. The van der Waals surface area contributed by atoms with Gasteiger partial charge in [0.05, 0.1) is 32.3 Å². The lowest BCUT2D eigenvalue weighted by molar-refractivity contribution is -0.140. The quantitative estimate of drug-likeness (QED) is 0.539. The first-order valence-corrected chi connectivity index (χ1v) is 12.4. The predicted octanol–water partition coefficient (Wildman–Crippen LogP) is 5.33. The van der Waals surface area contributed by atoms with Gasteiger partial charge >= 0.3 is 5.97 Å². The van der Waals surface area contributed by atoms with E-state index in [9.17, 15) is 9.59 Å². The summed E-state index contributed by atoms with van der Waals surface area (Å²) in [5.41, 5.74) is 3.86. The molecule has 2 heterocycles. The van der Waals surface area contributed by atoms with Gasteiger partial charge in [-0.1, -0.05) is 26.0 Å². The van der Waals surface area contributed by atoms with Gasteiger partial charge in [0.1, 0.15) is 0 Å². The van der Waals surface area contributed by atoms with E-state index in [1.165, 1.54) is 0 Å². The molecule has 0 spiro atoms. The maximum absolute atomic E-state index is 13.6. The Kier molecular flexibility index (Phi) is 7.12. The maximum Gasteiger partial charge on any atom is 0.336 e. The van der Waals surface area contributed by atoms with Gasteiger partial charge in [-0.25, -0.2) is 4.79 Å². The zero-order valence-electron chi connectivity index (χ0n) is 20.3. The van der Waals surface area contributed by atoms with Crippen LogP contribution in [0.2, 0.25) is 0 Å². The molecule has 1 aromatic carbocycles. The Bertz CT molecular complexity index is 1150. The topological polar surface area (TPSA) is 73.9 Å². The number of carbonyl (C=O) groups excluding carboxylic acids is 2. The lowest BCUT2D eigenvalue weighted by Crippen LogP contribution is -2.36. The summed E-state index contributed by atoms with van der Waals surface area (Å²) in [6, 6.07) is 9.75. The van der Waals surface area contributed by atoms with Crippen molar-refractivity contribution >= 4 is 23.1 Å². The molecule has 2 aliphatic rings. The summed E-state index contributed by atoms with van der Waals surface area (Å²) in [5.74, 6) is 0.818. The third-order valence-corrected chi connectivity index (χ3v) is 7.24. The molecule has 2 aromatic rings. The van der Waals surface area contributed by atoms with Crippen molar-refractivity contribution in [3.8, 4) is 11.5 Å². The normalized spacial score (nSPS) is 20.2. The Labute approximate surface area is 204 Å². The number of esters is 1. The standard InChI is InChI=1S/C27H31NO5S/c1-15(2)14-33-27(30)24-16(3)28-19-11-18(17-8-9-21(31-4)22(13-17)32-5)12-20(29)25(19)26(24)23-7-6-10-34-23/h6-10,13,15,18,26,28H,11-12,14H2,1-5H3/t18-,26+/m0/s1. The van der Waals surface area contributed by atoms with Crippen LogP contribution in [-0.2, 0) is 14.3 Å². The molecule has 0 bridgehead atoms. The molecule has 4 rings (SSSR count). The van der Waals surface area contributed by atoms with Gasteiger partial charge in [-0.2, -0.15) is 0 Å². The van der Waals surface area contributed by atoms with E-state index in [0.29, 0.717) is 42.1 Å². The summed E-state index contributed by atoms with van der Waals surface area (Å²) in [5, 5.41) is 5.37. The number of carbonyl (C=O) groups is 2. The summed E-state index contributed by atoms with van der Waals surface area (Å²) in [6.07, 6.45) is 1.04. The second-order valence-electron chi connectivity index (χ2n) is 9.14. The molecule has 180 valence electrons. The summed E-state index contributed by atoms with van der Waals surface area (Å²) >= 11 is 1.55. The summed E-state index contributed by atoms with van der Waals surface area (Å²) in [4.78, 5) is 27.7. The maximum atomic E-state index is 13.6. The number of allylic oxidation sites excluding steroid dienone is 3. The number of benzene rings is 1. The highest BCUT2D eigenvalue weighted by molar-refractivity contribution is 7.10. The third kappa shape index (κ3) is 4.62. The van der Waals surface area contributed by atoms with Crippen LogP contribution in [0.15, 0.2) is 58.3 Å². The van der Waals surface area contributed by atoms with Gasteiger partial charge in [0.2, 0.25) is 0 Å². The van der Waals surface area contributed by atoms with E-state index in [1.54, 1.807) is 25.6 Å². The lowest BCUT2D eigenvalue weighted by atomic mass is 9.73. The predicted molar refractivity (Wildman–Crippen MR) is 132 cm³/mol. The number of ketones is 1. The first-order chi connectivity index (χ1) is 16.3.